The molecular weight excluding hydrogens is 214 g/mol. The van der Waals surface area contributed by atoms with E-state index in [9.17, 15) is 0 Å². The SMILES string of the molecule is COc1cccc(Cl)c1CC1CNCO1. The maximum atomic E-state index is 6.13. The summed E-state index contributed by atoms with van der Waals surface area (Å²) in [6.07, 6.45) is 0.981. The first-order valence-electron chi connectivity index (χ1n) is 4.95. The Balaban J connectivity index is 2.17. The summed E-state index contributed by atoms with van der Waals surface area (Å²) in [6, 6.07) is 5.68. The van der Waals surface area contributed by atoms with Crippen LogP contribution < -0.4 is 10.1 Å². The summed E-state index contributed by atoms with van der Waals surface area (Å²) in [5, 5.41) is 3.88. The average Bonchev–Trinajstić information content (AvgIpc) is 2.74. The second kappa shape index (κ2) is 4.84. The molecule has 1 saturated heterocycles. The second-order valence-corrected chi connectivity index (χ2v) is 3.92. The molecule has 1 heterocycles. The van der Waals surface area contributed by atoms with E-state index in [1.54, 1.807) is 7.11 Å². The van der Waals surface area contributed by atoms with E-state index in [0.29, 0.717) is 6.73 Å². The topological polar surface area (TPSA) is 30.5 Å². The van der Waals surface area contributed by atoms with Crippen molar-refractivity contribution < 1.29 is 9.47 Å². The summed E-state index contributed by atoms with van der Waals surface area (Å²) < 4.78 is 10.8. The molecule has 1 atom stereocenters. The molecule has 1 aliphatic rings. The lowest BCUT2D eigenvalue weighted by molar-refractivity contribution is 0.113. The van der Waals surface area contributed by atoms with Gasteiger partial charge in [-0.05, 0) is 12.1 Å². The molecule has 1 N–H and O–H groups in total. The number of rotatable bonds is 3. The number of ether oxygens (including phenoxy) is 2. The second-order valence-electron chi connectivity index (χ2n) is 3.51. The Morgan fingerprint density at radius 1 is 1.60 bits per heavy atom. The molecule has 4 heteroatoms. The minimum Gasteiger partial charge on any atom is -0.496 e. The summed E-state index contributed by atoms with van der Waals surface area (Å²) >= 11 is 6.13. The van der Waals surface area contributed by atoms with E-state index in [4.69, 9.17) is 21.1 Å². The average molecular weight is 228 g/mol. The Hall–Kier alpha value is -0.770. The third kappa shape index (κ3) is 2.43. The van der Waals surface area contributed by atoms with Crippen molar-refractivity contribution in [2.45, 2.75) is 12.5 Å². The van der Waals surface area contributed by atoms with E-state index in [-0.39, 0.29) is 6.10 Å². The fourth-order valence-corrected chi connectivity index (χ4v) is 1.99. The van der Waals surface area contributed by atoms with E-state index >= 15 is 0 Å². The maximum Gasteiger partial charge on any atom is 0.123 e. The van der Waals surface area contributed by atoms with Crippen LogP contribution in [0.1, 0.15) is 5.56 Å². The highest BCUT2D eigenvalue weighted by Gasteiger charge is 2.19. The molecule has 1 unspecified atom stereocenters. The highest BCUT2D eigenvalue weighted by atomic mass is 35.5. The van der Waals surface area contributed by atoms with E-state index in [2.05, 4.69) is 5.32 Å². The molecule has 1 aromatic carbocycles. The molecule has 0 aliphatic carbocycles. The largest absolute Gasteiger partial charge is 0.496 e. The Morgan fingerprint density at radius 2 is 2.47 bits per heavy atom. The first-order valence-corrected chi connectivity index (χ1v) is 5.32. The van der Waals surface area contributed by atoms with Crippen LogP contribution in [0.4, 0.5) is 0 Å². The third-order valence-corrected chi connectivity index (χ3v) is 2.87. The van der Waals surface area contributed by atoms with Gasteiger partial charge in [-0.1, -0.05) is 17.7 Å². The summed E-state index contributed by atoms with van der Waals surface area (Å²) in [5.74, 6) is 0.831. The lowest BCUT2D eigenvalue weighted by Crippen LogP contribution is -2.17. The molecule has 0 amide bonds. The van der Waals surface area contributed by atoms with Gasteiger partial charge in [0.05, 0.1) is 19.9 Å². The van der Waals surface area contributed by atoms with Crippen molar-refractivity contribution in [2.24, 2.45) is 0 Å². The first-order chi connectivity index (χ1) is 7.31. The molecule has 0 saturated carbocycles. The van der Waals surface area contributed by atoms with Crippen molar-refractivity contribution in [3.05, 3.63) is 28.8 Å². The Bertz CT molecular complexity index is 337. The number of benzene rings is 1. The molecule has 1 aromatic rings. The Kier molecular flexibility index (Phi) is 3.46. The molecule has 3 nitrogen and oxygen atoms in total. The number of nitrogens with one attached hydrogen (secondary N) is 1. The van der Waals surface area contributed by atoms with Gasteiger partial charge < -0.3 is 9.47 Å². The molecule has 82 valence electrons. The van der Waals surface area contributed by atoms with Crippen molar-refractivity contribution >= 4 is 11.6 Å². The zero-order valence-electron chi connectivity index (χ0n) is 8.63. The van der Waals surface area contributed by atoms with Gasteiger partial charge in [0.2, 0.25) is 0 Å². The molecule has 0 spiro atoms. The van der Waals surface area contributed by atoms with Gasteiger partial charge in [-0.15, -0.1) is 0 Å². The van der Waals surface area contributed by atoms with Crippen LogP contribution in [-0.4, -0.2) is 26.5 Å². The van der Waals surface area contributed by atoms with Crippen LogP contribution in [0.2, 0.25) is 5.02 Å². The van der Waals surface area contributed by atoms with Crippen molar-refractivity contribution in [3.63, 3.8) is 0 Å². The van der Waals surface area contributed by atoms with Crippen LogP contribution in [0, 0.1) is 0 Å². The zero-order chi connectivity index (χ0) is 10.7. The molecule has 0 aromatic heterocycles. The lowest BCUT2D eigenvalue weighted by Gasteiger charge is -2.13. The number of hydrogen-bond donors (Lipinski definition) is 1. The van der Waals surface area contributed by atoms with Crippen LogP contribution in [-0.2, 0) is 11.2 Å². The van der Waals surface area contributed by atoms with E-state index < -0.39 is 0 Å². The standard InChI is InChI=1S/C11H14ClNO2/c1-14-11-4-2-3-10(12)9(11)5-8-6-13-7-15-8/h2-4,8,13H,5-7H2,1H3. The van der Waals surface area contributed by atoms with Gasteiger partial charge in [-0.25, -0.2) is 0 Å². The van der Waals surface area contributed by atoms with Crippen LogP contribution in [0.25, 0.3) is 0 Å². The number of hydrogen-bond acceptors (Lipinski definition) is 3. The molecule has 0 radical (unpaired) electrons. The lowest BCUT2D eigenvalue weighted by atomic mass is 10.1. The fourth-order valence-electron chi connectivity index (χ4n) is 1.74. The van der Waals surface area contributed by atoms with Gasteiger partial charge in [0, 0.05) is 23.6 Å². The van der Waals surface area contributed by atoms with Crippen LogP contribution in [0.15, 0.2) is 18.2 Å². The smallest absolute Gasteiger partial charge is 0.123 e. The van der Waals surface area contributed by atoms with E-state index in [1.807, 2.05) is 18.2 Å². The molecule has 1 fully saturated rings. The highest BCUT2D eigenvalue weighted by Crippen LogP contribution is 2.28. The van der Waals surface area contributed by atoms with Gasteiger partial charge in [0.15, 0.2) is 0 Å². The van der Waals surface area contributed by atoms with Crippen LogP contribution in [0.3, 0.4) is 0 Å². The predicted octanol–water partition coefficient (Wildman–Crippen LogP) is 1.84. The normalized spacial score (nSPS) is 20.5. The summed E-state index contributed by atoms with van der Waals surface area (Å²) in [4.78, 5) is 0. The molecule has 15 heavy (non-hydrogen) atoms. The number of methoxy groups -OCH3 is 1. The minimum absolute atomic E-state index is 0.193. The third-order valence-electron chi connectivity index (χ3n) is 2.52. The van der Waals surface area contributed by atoms with E-state index in [1.165, 1.54) is 0 Å². The van der Waals surface area contributed by atoms with Crippen molar-refractivity contribution in [3.8, 4) is 5.75 Å². The van der Waals surface area contributed by atoms with Gasteiger partial charge in [0.25, 0.3) is 0 Å². The molecule has 2 rings (SSSR count). The van der Waals surface area contributed by atoms with Gasteiger partial charge in [0.1, 0.15) is 5.75 Å². The Labute approximate surface area is 94.3 Å². The fraction of sp³-hybridized carbons (Fsp3) is 0.455. The van der Waals surface area contributed by atoms with Crippen molar-refractivity contribution in [2.75, 3.05) is 20.4 Å². The molecule has 1 aliphatic heterocycles. The monoisotopic (exact) mass is 227 g/mol. The van der Waals surface area contributed by atoms with Gasteiger partial charge in [-0.3, -0.25) is 5.32 Å². The maximum absolute atomic E-state index is 6.13. The van der Waals surface area contributed by atoms with Gasteiger partial charge >= 0.3 is 0 Å². The Morgan fingerprint density at radius 3 is 3.13 bits per heavy atom. The minimum atomic E-state index is 0.193. The summed E-state index contributed by atoms with van der Waals surface area (Å²) in [6.45, 7) is 1.49. The number of halogens is 1. The van der Waals surface area contributed by atoms with Crippen LogP contribution >= 0.6 is 11.6 Å². The molecular formula is C11H14ClNO2. The van der Waals surface area contributed by atoms with E-state index in [0.717, 1.165) is 29.3 Å². The molecule has 0 bridgehead atoms. The van der Waals surface area contributed by atoms with Crippen LogP contribution in [0.5, 0.6) is 5.75 Å². The quantitative estimate of drug-likeness (QED) is 0.855. The van der Waals surface area contributed by atoms with Crippen molar-refractivity contribution in [1.82, 2.24) is 5.32 Å². The van der Waals surface area contributed by atoms with Crippen molar-refractivity contribution in [1.29, 1.82) is 0 Å². The zero-order valence-corrected chi connectivity index (χ0v) is 9.38. The van der Waals surface area contributed by atoms with Gasteiger partial charge in [-0.2, -0.15) is 0 Å². The predicted molar refractivity (Wildman–Crippen MR) is 59.5 cm³/mol. The first kappa shape index (κ1) is 10.7. The summed E-state index contributed by atoms with van der Waals surface area (Å²) in [5.41, 5.74) is 1.02. The highest BCUT2D eigenvalue weighted by molar-refractivity contribution is 6.31. The summed E-state index contributed by atoms with van der Waals surface area (Å²) in [7, 11) is 1.66.